The second-order valence-electron chi connectivity index (χ2n) is 6.60. The summed E-state index contributed by atoms with van der Waals surface area (Å²) in [6.45, 7) is 7.90. The molecule has 5 nitrogen and oxygen atoms in total. The summed E-state index contributed by atoms with van der Waals surface area (Å²) >= 11 is 0. The number of hydrogen-bond donors (Lipinski definition) is 2. The fourth-order valence-electron chi connectivity index (χ4n) is 3.46. The maximum atomic E-state index is 12.4. The molecule has 1 amide bonds. The van der Waals surface area contributed by atoms with Crippen LogP contribution in [0.1, 0.15) is 55.6 Å². The molecular weight excluding hydrogens is 264 g/mol. The first-order valence-corrected chi connectivity index (χ1v) is 8.04. The molecule has 1 aliphatic rings. The molecule has 0 saturated heterocycles. The van der Waals surface area contributed by atoms with Gasteiger partial charge in [0.1, 0.15) is 0 Å². The largest absolute Gasteiger partial charge is 0.349 e. The number of hydrogen-bond acceptors (Lipinski definition) is 3. The Hall–Kier alpha value is -1.36. The summed E-state index contributed by atoms with van der Waals surface area (Å²) in [5.74, 6) is 1.39. The van der Waals surface area contributed by atoms with E-state index < -0.39 is 0 Å². The van der Waals surface area contributed by atoms with Crippen molar-refractivity contribution in [2.75, 3.05) is 6.54 Å². The molecule has 1 aliphatic carbocycles. The molecular formula is C16H28N4O. The molecule has 0 radical (unpaired) electrons. The number of nitrogens with two attached hydrogens (primary N) is 1. The van der Waals surface area contributed by atoms with E-state index in [0.717, 1.165) is 31.5 Å². The molecule has 21 heavy (non-hydrogen) atoms. The predicted octanol–water partition coefficient (Wildman–Crippen LogP) is 2.09. The summed E-state index contributed by atoms with van der Waals surface area (Å²) < 4.78 is 1.87. The third kappa shape index (κ3) is 4.06. The lowest BCUT2D eigenvalue weighted by Crippen LogP contribution is -2.40. The predicted molar refractivity (Wildman–Crippen MR) is 84.1 cm³/mol. The lowest BCUT2D eigenvalue weighted by atomic mass is 9.80. The Labute approximate surface area is 127 Å². The third-order valence-electron chi connectivity index (χ3n) is 4.44. The number of nitrogens with one attached hydrogen (secondary N) is 1. The summed E-state index contributed by atoms with van der Waals surface area (Å²) in [4.78, 5) is 12.4. The highest BCUT2D eigenvalue weighted by Crippen LogP contribution is 2.28. The zero-order valence-electron chi connectivity index (χ0n) is 13.4. The van der Waals surface area contributed by atoms with Crippen molar-refractivity contribution >= 4 is 5.91 Å². The number of rotatable bonds is 5. The lowest BCUT2D eigenvalue weighted by Gasteiger charge is -2.31. The molecule has 0 aliphatic heterocycles. The molecule has 1 aromatic heterocycles. The Bertz CT molecular complexity index is 473. The van der Waals surface area contributed by atoms with Crippen LogP contribution in [-0.4, -0.2) is 28.3 Å². The van der Waals surface area contributed by atoms with Crippen molar-refractivity contribution in [1.29, 1.82) is 0 Å². The van der Waals surface area contributed by atoms with Crippen LogP contribution in [0.3, 0.4) is 0 Å². The van der Waals surface area contributed by atoms with Gasteiger partial charge in [0, 0.05) is 18.3 Å². The van der Waals surface area contributed by atoms with E-state index in [-0.39, 0.29) is 5.91 Å². The lowest BCUT2D eigenvalue weighted by molar-refractivity contribution is 0.0910. The van der Waals surface area contributed by atoms with Crippen molar-refractivity contribution in [2.45, 2.75) is 59.0 Å². The van der Waals surface area contributed by atoms with Crippen molar-refractivity contribution < 1.29 is 4.79 Å². The maximum Gasteiger partial charge on any atom is 0.254 e. The SMILES string of the molecule is Cc1c(C(=O)NC2CC(C)CC(C)C2)cnn1CCCN. The molecule has 0 bridgehead atoms. The molecule has 118 valence electrons. The Kier molecular flexibility index (Phi) is 5.39. The molecule has 0 spiro atoms. The average Bonchev–Trinajstić information content (AvgIpc) is 2.76. The molecule has 5 heteroatoms. The fraction of sp³-hybridized carbons (Fsp3) is 0.750. The minimum absolute atomic E-state index is 0.0119. The highest BCUT2D eigenvalue weighted by Gasteiger charge is 2.26. The maximum absolute atomic E-state index is 12.4. The van der Waals surface area contributed by atoms with Crippen molar-refractivity contribution in [3.05, 3.63) is 17.5 Å². The second-order valence-corrected chi connectivity index (χ2v) is 6.60. The van der Waals surface area contributed by atoms with E-state index in [1.54, 1.807) is 6.20 Å². The first kappa shape index (κ1) is 16.0. The van der Waals surface area contributed by atoms with E-state index in [2.05, 4.69) is 24.3 Å². The molecule has 3 N–H and O–H groups in total. The van der Waals surface area contributed by atoms with Crippen LogP contribution in [0.5, 0.6) is 0 Å². The third-order valence-corrected chi connectivity index (χ3v) is 4.44. The van der Waals surface area contributed by atoms with Gasteiger partial charge < -0.3 is 11.1 Å². The minimum Gasteiger partial charge on any atom is -0.349 e. The van der Waals surface area contributed by atoms with E-state index >= 15 is 0 Å². The molecule has 2 rings (SSSR count). The highest BCUT2D eigenvalue weighted by atomic mass is 16.1. The Morgan fingerprint density at radius 2 is 2.05 bits per heavy atom. The van der Waals surface area contributed by atoms with Crippen LogP contribution in [0.2, 0.25) is 0 Å². The Morgan fingerprint density at radius 3 is 2.67 bits per heavy atom. The minimum atomic E-state index is 0.0119. The standard InChI is InChI=1S/C16H28N4O/c1-11-7-12(2)9-14(8-11)19-16(21)15-10-18-20(13(15)3)6-4-5-17/h10-12,14H,4-9,17H2,1-3H3,(H,19,21). The monoisotopic (exact) mass is 292 g/mol. The van der Waals surface area contributed by atoms with Crippen molar-refractivity contribution in [2.24, 2.45) is 17.6 Å². The van der Waals surface area contributed by atoms with Crippen LogP contribution < -0.4 is 11.1 Å². The normalized spacial score (nSPS) is 25.8. The number of aryl methyl sites for hydroxylation is 1. The van der Waals surface area contributed by atoms with E-state index in [0.29, 0.717) is 30.0 Å². The van der Waals surface area contributed by atoms with Gasteiger partial charge in [-0.25, -0.2) is 0 Å². The topological polar surface area (TPSA) is 72.9 Å². The van der Waals surface area contributed by atoms with E-state index in [1.807, 2.05) is 11.6 Å². The van der Waals surface area contributed by atoms with Gasteiger partial charge in [-0.2, -0.15) is 5.10 Å². The molecule has 2 unspecified atom stereocenters. The fourth-order valence-corrected chi connectivity index (χ4v) is 3.46. The zero-order valence-corrected chi connectivity index (χ0v) is 13.4. The number of aromatic nitrogens is 2. The Morgan fingerprint density at radius 1 is 1.38 bits per heavy atom. The number of carbonyl (C=O) groups excluding carboxylic acids is 1. The smallest absolute Gasteiger partial charge is 0.254 e. The van der Waals surface area contributed by atoms with Crippen LogP contribution in [0.25, 0.3) is 0 Å². The van der Waals surface area contributed by atoms with Gasteiger partial charge in [0.25, 0.3) is 5.91 Å². The van der Waals surface area contributed by atoms with E-state index in [4.69, 9.17) is 5.73 Å². The van der Waals surface area contributed by atoms with Crippen molar-refractivity contribution in [3.63, 3.8) is 0 Å². The van der Waals surface area contributed by atoms with Crippen LogP contribution in [-0.2, 0) is 6.54 Å². The van der Waals surface area contributed by atoms with Crippen molar-refractivity contribution in [3.8, 4) is 0 Å². The number of amides is 1. The van der Waals surface area contributed by atoms with Gasteiger partial charge in [0.2, 0.25) is 0 Å². The van der Waals surface area contributed by atoms with Crippen LogP contribution in [0, 0.1) is 18.8 Å². The average molecular weight is 292 g/mol. The van der Waals surface area contributed by atoms with Crippen LogP contribution >= 0.6 is 0 Å². The van der Waals surface area contributed by atoms with Gasteiger partial charge in [0.15, 0.2) is 0 Å². The van der Waals surface area contributed by atoms with Gasteiger partial charge in [0.05, 0.1) is 11.8 Å². The molecule has 1 heterocycles. The zero-order chi connectivity index (χ0) is 15.4. The van der Waals surface area contributed by atoms with Crippen LogP contribution in [0.4, 0.5) is 0 Å². The molecule has 1 aromatic rings. The molecule has 1 fully saturated rings. The summed E-state index contributed by atoms with van der Waals surface area (Å²) in [5.41, 5.74) is 7.14. The quantitative estimate of drug-likeness (QED) is 0.873. The Balaban J connectivity index is 1.98. The van der Waals surface area contributed by atoms with Gasteiger partial charge in [-0.15, -0.1) is 0 Å². The van der Waals surface area contributed by atoms with Gasteiger partial charge in [-0.3, -0.25) is 9.48 Å². The first-order chi connectivity index (χ1) is 10.0. The van der Waals surface area contributed by atoms with Crippen molar-refractivity contribution in [1.82, 2.24) is 15.1 Å². The summed E-state index contributed by atoms with van der Waals surface area (Å²) in [6, 6.07) is 0.294. The van der Waals surface area contributed by atoms with Gasteiger partial charge in [-0.05, 0) is 51.0 Å². The summed E-state index contributed by atoms with van der Waals surface area (Å²) in [7, 11) is 0. The van der Waals surface area contributed by atoms with E-state index in [1.165, 1.54) is 6.42 Å². The van der Waals surface area contributed by atoms with Gasteiger partial charge in [-0.1, -0.05) is 13.8 Å². The number of nitrogens with zero attached hydrogens (tertiary/aromatic N) is 2. The summed E-state index contributed by atoms with van der Waals surface area (Å²) in [6.07, 6.45) is 5.98. The van der Waals surface area contributed by atoms with Gasteiger partial charge >= 0.3 is 0 Å². The second kappa shape index (κ2) is 7.07. The highest BCUT2D eigenvalue weighted by molar-refractivity contribution is 5.95. The molecule has 0 aromatic carbocycles. The van der Waals surface area contributed by atoms with Crippen LogP contribution in [0.15, 0.2) is 6.20 Å². The van der Waals surface area contributed by atoms with E-state index in [9.17, 15) is 4.79 Å². The summed E-state index contributed by atoms with van der Waals surface area (Å²) in [5, 5.41) is 7.49. The first-order valence-electron chi connectivity index (χ1n) is 8.04. The molecule has 1 saturated carbocycles. The molecule has 2 atom stereocenters. The number of carbonyl (C=O) groups is 1.